The number of piperidine rings is 1. The zero-order valence-corrected chi connectivity index (χ0v) is 13.3. The molecule has 0 saturated carbocycles. The lowest BCUT2D eigenvalue weighted by molar-refractivity contribution is 0.0239. The van der Waals surface area contributed by atoms with Crippen molar-refractivity contribution in [3.8, 4) is 5.75 Å². The molecule has 0 aromatic heterocycles. The van der Waals surface area contributed by atoms with Crippen LogP contribution in [0.3, 0.4) is 0 Å². The lowest BCUT2D eigenvalue weighted by Crippen LogP contribution is -2.54. The van der Waals surface area contributed by atoms with Gasteiger partial charge in [-0.05, 0) is 57.1 Å². The van der Waals surface area contributed by atoms with Crippen LogP contribution in [0.5, 0.6) is 5.75 Å². The summed E-state index contributed by atoms with van der Waals surface area (Å²) in [5.74, 6) is 1.14. The van der Waals surface area contributed by atoms with E-state index in [0.29, 0.717) is 6.04 Å². The summed E-state index contributed by atoms with van der Waals surface area (Å²) in [7, 11) is 3.85. The first-order chi connectivity index (χ1) is 9.43. The van der Waals surface area contributed by atoms with Gasteiger partial charge in [-0.1, -0.05) is 13.0 Å². The topological polar surface area (TPSA) is 32.7 Å². The van der Waals surface area contributed by atoms with Crippen molar-refractivity contribution in [2.24, 2.45) is 5.92 Å². The largest absolute Gasteiger partial charge is 0.497 e. The third-order valence-corrected chi connectivity index (χ3v) is 5.34. The quantitative estimate of drug-likeness (QED) is 0.922. The number of nitrogens with zero attached hydrogens (tertiary/aromatic N) is 1. The van der Waals surface area contributed by atoms with Gasteiger partial charge in [-0.2, -0.15) is 0 Å². The van der Waals surface area contributed by atoms with Crippen LogP contribution in [0.15, 0.2) is 18.2 Å². The summed E-state index contributed by atoms with van der Waals surface area (Å²) in [4.78, 5) is 2.35. The molecule has 1 fully saturated rings. The van der Waals surface area contributed by atoms with Gasteiger partial charge in [-0.25, -0.2) is 0 Å². The summed E-state index contributed by atoms with van der Waals surface area (Å²) in [5.41, 5.74) is 2.60. The van der Waals surface area contributed by atoms with Crippen LogP contribution in [0.1, 0.15) is 31.4 Å². The average Bonchev–Trinajstić information content (AvgIpc) is 2.44. The number of aryl methyl sites for hydroxylation is 1. The maximum Gasteiger partial charge on any atom is 0.119 e. The van der Waals surface area contributed by atoms with Crippen molar-refractivity contribution < 1.29 is 9.84 Å². The van der Waals surface area contributed by atoms with Gasteiger partial charge >= 0.3 is 0 Å². The Hall–Kier alpha value is -1.06. The van der Waals surface area contributed by atoms with E-state index >= 15 is 0 Å². The number of likely N-dealkylation sites (tertiary alicyclic amines) is 1. The molecule has 3 nitrogen and oxygen atoms in total. The van der Waals surface area contributed by atoms with E-state index in [4.69, 9.17) is 4.74 Å². The molecular formula is C17H27NO2. The predicted molar refractivity (Wildman–Crippen MR) is 82.4 cm³/mol. The molecule has 2 rings (SSSR count). The van der Waals surface area contributed by atoms with E-state index in [2.05, 4.69) is 44.9 Å². The second-order valence-electron chi connectivity index (χ2n) is 6.36. The Labute approximate surface area is 122 Å². The zero-order chi connectivity index (χ0) is 14.9. The Kier molecular flexibility index (Phi) is 4.40. The van der Waals surface area contributed by atoms with Gasteiger partial charge in [0.15, 0.2) is 0 Å². The Morgan fingerprint density at radius 3 is 2.75 bits per heavy atom. The van der Waals surface area contributed by atoms with Gasteiger partial charge in [-0.3, -0.25) is 0 Å². The number of methoxy groups -OCH3 is 1. The molecule has 0 bridgehead atoms. The summed E-state index contributed by atoms with van der Waals surface area (Å²) in [6.45, 7) is 7.94. The number of ether oxygens (including phenoxy) is 1. The van der Waals surface area contributed by atoms with E-state index in [1.54, 1.807) is 7.11 Å². The Balaban J connectivity index is 2.47. The molecule has 3 heteroatoms. The minimum atomic E-state index is -0.000694. The highest BCUT2D eigenvalue weighted by molar-refractivity contribution is 5.41. The van der Waals surface area contributed by atoms with Crippen LogP contribution >= 0.6 is 0 Å². The SMILES string of the molecule is COc1ccc(C)c([C@@]2(C)CCN(C)C(C)[C@@H]2CO)c1. The second kappa shape index (κ2) is 5.74. The lowest BCUT2D eigenvalue weighted by Gasteiger charge is -2.49. The van der Waals surface area contributed by atoms with Gasteiger partial charge in [0.25, 0.3) is 0 Å². The molecule has 112 valence electrons. The summed E-state index contributed by atoms with van der Waals surface area (Å²) < 4.78 is 5.39. The van der Waals surface area contributed by atoms with Crippen LogP contribution < -0.4 is 4.74 Å². The van der Waals surface area contributed by atoms with E-state index in [1.165, 1.54) is 11.1 Å². The maximum atomic E-state index is 9.94. The summed E-state index contributed by atoms with van der Waals surface area (Å²) in [5, 5.41) is 9.94. The summed E-state index contributed by atoms with van der Waals surface area (Å²) >= 11 is 0. The zero-order valence-electron chi connectivity index (χ0n) is 13.3. The van der Waals surface area contributed by atoms with Gasteiger partial charge in [0.2, 0.25) is 0 Å². The van der Waals surface area contributed by atoms with Crippen molar-refractivity contribution in [3.63, 3.8) is 0 Å². The van der Waals surface area contributed by atoms with Gasteiger partial charge in [0.1, 0.15) is 5.75 Å². The van der Waals surface area contributed by atoms with Gasteiger partial charge < -0.3 is 14.7 Å². The van der Waals surface area contributed by atoms with E-state index in [0.717, 1.165) is 18.7 Å². The van der Waals surface area contributed by atoms with Gasteiger partial charge in [0, 0.05) is 24.0 Å². The average molecular weight is 277 g/mol. The second-order valence-corrected chi connectivity index (χ2v) is 6.36. The summed E-state index contributed by atoms with van der Waals surface area (Å²) in [6, 6.07) is 6.66. The maximum absolute atomic E-state index is 9.94. The number of hydrogen-bond donors (Lipinski definition) is 1. The molecular weight excluding hydrogens is 250 g/mol. The fourth-order valence-corrected chi connectivity index (χ4v) is 3.67. The van der Waals surface area contributed by atoms with Crippen LogP contribution in [0.4, 0.5) is 0 Å². The van der Waals surface area contributed by atoms with E-state index in [1.807, 2.05) is 6.07 Å². The molecule has 0 aliphatic carbocycles. The molecule has 1 aromatic carbocycles. The number of benzene rings is 1. The van der Waals surface area contributed by atoms with Crippen LogP contribution in [0.2, 0.25) is 0 Å². The lowest BCUT2D eigenvalue weighted by atomic mass is 9.64. The minimum Gasteiger partial charge on any atom is -0.497 e. The van der Waals surface area contributed by atoms with Gasteiger partial charge in [0.05, 0.1) is 7.11 Å². The predicted octanol–water partition coefficient (Wildman–Crippen LogP) is 2.59. The van der Waals surface area contributed by atoms with Crippen molar-refractivity contribution in [1.82, 2.24) is 4.90 Å². The van der Waals surface area contributed by atoms with Crippen molar-refractivity contribution in [2.45, 2.75) is 38.6 Å². The summed E-state index contributed by atoms with van der Waals surface area (Å²) in [6.07, 6.45) is 1.06. The van der Waals surface area contributed by atoms with E-state index < -0.39 is 0 Å². The molecule has 3 atom stereocenters. The molecule has 1 unspecified atom stereocenters. The fraction of sp³-hybridized carbons (Fsp3) is 0.647. The highest BCUT2D eigenvalue weighted by Crippen LogP contribution is 2.44. The first kappa shape index (κ1) is 15.3. The standard InChI is InChI=1S/C17H27NO2/c1-12-6-7-14(20-5)10-15(12)17(3)8-9-18(4)13(2)16(17)11-19/h6-7,10,13,16,19H,8-9,11H2,1-5H3/t13?,16-,17+/m0/s1. The molecule has 1 saturated heterocycles. The van der Waals surface area contributed by atoms with Crippen LogP contribution in [-0.2, 0) is 5.41 Å². The molecule has 1 aromatic rings. The Morgan fingerprint density at radius 2 is 2.15 bits per heavy atom. The molecule has 0 spiro atoms. The van der Waals surface area contributed by atoms with Crippen molar-refractivity contribution >= 4 is 0 Å². The van der Waals surface area contributed by atoms with Crippen LogP contribution in [0.25, 0.3) is 0 Å². The molecule has 0 radical (unpaired) electrons. The van der Waals surface area contributed by atoms with Crippen molar-refractivity contribution in [2.75, 3.05) is 27.3 Å². The van der Waals surface area contributed by atoms with Crippen LogP contribution in [0, 0.1) is 12.8 Å². The molecule has 1 N–H and O–H groups in total. The number of hydrogen-bond acceptors (Lipinski definition) is 3. The smallest absolute Gasteiger partial charge is 0.119 e. The molecule has 1 aliphatic rings. The normalized spacial score (nSPS) is 31.3. The van der Waals surface area contributed by atoms with Gasteiger partial charge in [-0.15, -0.1) is 0 Å². The molecule has 1 heterocycles. The highest BCUT2D eigenvalue weighted by Gasteiger charge is 2.44. The third kappa shape index (κ3) is 2.45. The molecule has 1 aliphatic heterocycles. The number of aliphatic hydroxyl groups excluding tert-OH is 1. The number of rotatable bonds is 3. The fourth-order valence-electron chi connectivity index (χ4n) is 3.67. The monoisotopic (exact) mass is 277 g/mol. The highest BCUT2D eigenvalue weighted by atomic mass is 16.5. The first-order valence-corrected chi connectivity index (χ1v) is 7.40. The Morgan fingerprint density at radius 1 is 1.45 bits per heavy atom. The van der Waals surface area contributed by atoms with E-state index in [-0.39, 0.29) is 17.9 Å². The first-order valence-electron chi connectivity index (χ1n) is 7.40. The van der Waals surface area contributed by atoms with Crippen molar-refractivity contribution in [1.29, 1.82) is 0 Å². The minimum absolute atomic E-state index is 0.000694. The molecule has 20 heavy (non-hydrogen) atoms. The van der Waals surface area contributed by atoms with Crippen LogP contribution in [-0.4, -0.2) is 43.4 Å². The van der Waals surface area contributed by atoms with Crippen molar-refractivity contribution in [3.05, 3.63) is 29.3 Å². The molecule has 0 amide bonds. The Bertz CT molecular complexity index is 474. The third-order valence-electron chi connectivity index (χ3n) is 5.34. The van der Waals surface area contributed by atoms with E-state index in [9.17, 15) is 5.11 Å². The number of aliphatic hydroxyl groups is 1.